The predicted molar refractivity (Wildman–Crippen MR) is 82.9 cm³/mol. The molecule has 1 aromatic rings. The standard InChI is InChI=1S/C14H19Cl2NOS/c1-14(8-15,9-16)17-13(18)12-7-10-5-3-2-4-6-11(10)19-12/h7H,2-6,8-9H2,1H3,(H,17,18). The summed E-state index contributed by atoms with van der Waals surface area (Å²) < 4.78 is 0. The maximum atomic E-state index is 12.3. The van der Waals surface area contributed by atoms with Gasteiger partial charge in [0.05, 0.1) is 10.4 Å². The van der Waals surface area contributed by atoms with Gasteiger partial charge >= 0.3 is 0 Å². The molecule has 2 rings (SSSR count). The molecule has 1 amide bonds. The SMILES string of the molecule is CC(CCl)(CCl)NC(=O)c1cc2c(s1)CCCCC2. The molecule has 0 saturated carbocycles. The van der Waals surface area contributed by atoms with Gasteiger partial charge in [0.1, 0.15) is 0 Å². The molecule has 1 N–H and O–H groups in total. The highest BCUT2D eigenvalue weighted by molar-refractivity contribution is 7.14. The van der Waals surface area contributed by atoms with Gasteiger partial charge in [0.25, 0.3) is 5.91 Å². The lowest BCUT2D eigenvalue weighted by Gasteiger charge is -2.25. The lowest BCUT2D eigenvalue weighted by molar-refractivity contribution is 0.0925. The Labute approximate surface area is 128 Å². The van der Waals surface area contributed by atoms with E-state index < -0.39 is 5.54 Å². The molecule has 1 aromatic heterocycles. The Balaban J connectivity index is 2.12. The van der Waals surface area contributed by atoms with Crippen LogP contribution in [0.4, 0.5) is 0 Å². The quantitative estimate of drug-likeness (QED) is 0.660. The molecule has 19 heavy (non-hydrogen) atoms. The number of amides is 1. The van der Waals surface area contributed by atoms with Crippen molar-refractivity contribution in [1.82, 2.24) is 5.32 Å². The number of halogens is 2. The molecular weight excluding hydrogens is 301 g/mol. The zero-order valence-electron chi connectivity index (χ0n) is 11.1. The third-order valence-corrected chi connectivity index (χ3v) is 5.89. The minimum Gasteiger partial charge on any atom is -0.344 e. The van der Waals surface area contributed by atoms with Crippen LogP contribution in [-0.4, -0.2) is 23.2 Å². The molecule has 0 unspecified atom stereocenters. The Kier molecular flexibility index (Phi) is 5.15. The smallest absolute Gasteiger partial charge is 0.261 e. The van der Waals surface area contributed by atoms with Gasteiger partial charge in [-0.15, -0.1) is 34.5 Å². The zero-order chi connectivity index (χ0) is 13.9. The van der Waals surface area contributed by atoms with E-state index in [0.29, 0.717) is 11.8 Å². The van der Waals surface area contributed by atoms with Crippen molar-refractivity contribution in [3.63, 3.8) is 0 Å². The first-order valence-corrected chi connectivity index (χ1v) is 8.52. The summed E-state index contributed by atoms with van der Waals surface area (Å²) in [5, 5.41) is 2.94. The Morgan fingerprint density at radius 1 is 1.32 bits per heavy atom. The molecule has 2 nitrogen and oxygen atoms in total. The first-order chi connectivity index (χ1) is 9.08. The van der Waals surface area contributed by atoms with Crippen LogP contribution in [0.2, 0.25) is 0 Å². The normalized spacial score (nSPS) is 15.7. The highest BCUT2D eigenvalue weighted by Crippen LogP contribution is 2.29. The van der Waals surface area contributed by atoms with Gasteiger partial charge in [-0.2, -0.15) is 0 Å². The van der Waals surface area contributed by atoms with E-state index in [1.807, 2.05) is 13.0 Å². The van der Waals surface area contributed by atoms with Crippen LogP contribution in [0.25, 0.3) is 0 Å². The average molecular weight is 320 g/mol. The molecule has 0 spiro atoms. The highest BCUT2D eigenvalue weighted by Gasteiger charge is 2.26. The zero-order valence-corrected chi connectivity index (χ0v) is 13.4. The lowest BCUT2D eigenvalue weighted by atomic mass is 10.1. The van der Waals surface area contributed by atoms with Crippen LogP contribution in [0.15, 0.2) is 6.07 Å². The van der Waals surface area contributed by atoms with Crippen molar-refractivity contribution in [3.05, 3.63) is 21.4 Å². The van der Waals surface area contributed by atoms with Crippen LogP contribution >= 0.6 is 34.5 Å². The molecule has 1 aliphatic carbocycles. The summed E-state index contributed by atoms with van der Waals surface area (Å²) in [6.45, 7) is 1.86. The van der Waals surface area contributed by atoms with Crippen LogP contribution in [0.1, 0.15) is 46.3 Å². The van der Waals surface area contributed by atoms with Gasteiger partial charge in [0.2, 0.25) is 0 Å². The number of nitrogens with one attached hydrogen (secondary N) is 1. The second kappa shape index (κ2) is 6.47. The van der Waals surface area contributed by atoms with E-state index in [1.54, 1.807) is 11.3 Å². The van der Waals surface area contributed by atoms with Crippen LogP contribution < -0.4 is 5.32 Å². The van der Waals surface area contributed by atoms with Crippen molar-refractivity contribution in [2.45, 2.75) is 44.6 Å². The van der Waals surface area contributed by atoms with Crippen molar-refractivity contribution in [2.24, 2.45) is 0 Å². The van der Waals surface area contributed by atoms with Crippen molar-refractivity contribution in [2.75, 3.05) is 11.8 Å². The van der Waals surface area contributed by atoms with Gasteiger partial charge in [-0.1, -0.05) is 6.42 Å². The third-order valence-electron chi connectivity index (χ3n) is 3.48. The molecule has 0 atom stereocenters. The predicted octanol–water partition coefficient (Wildman–Crippen LogP) is 3.98. The lowest BCUT2D eigenvalue weighted by Crippen LogP contribution is -2.49. The fourth-order valence-corrected chi connectivity index (χ4v) is 3.79. The Hall–Kier alpha value is -0.250. The molecule has 0 radical (unpaired) electrons. The summed E-state index contributed by atoms with van der Waals surface area (Å²) in [5.74, 6) is 0.572. The minimum atomic E-state index is -0.540. The van der Waals surface area contributed by atoms with Gasteiger partial charge in [-0.3, -0.25) is 4.79 Å². The van der Waals surface area contributed by atoms with Gasteiger partial charge in [0.15, 0.2) is 0 Å². The number of rotatable bonds is 4. The van der Waals surface area contributed by atoms with Gasteiger partial charge < -0.3 is 5.32 Å². The Bertz CT molecular complexity index is 431. The molecule has 5 heteroatoms. The number of fused-ring (bicyclic) bond motifs is 1. The van der Waals surface area contributed by atoms with E-state index in [4.69, 9.17) is 23.2 Å². The Morgan fingerprint density at radius 2 is 2.00 bits per heavy atom. The summed E-state index contributed by atoms with van der Waals surface area (Å²) in [4.78, 5) is 14.4. The minimum absolute atomic E-state index is 0.0538. The fourth-order valence-electron chi connectivity index (χ4n) is 2.22. The van der Waals surface area contributed by atoms with Crippen molar-refractivity contribution >= 4 is 40.4 Å². The second-order valence-electron chi connectivity index (χ2n) is 5.40. The van der Waals surface area contributed by atoms with Crippen LogP contribution in [-0.2, 0) is 12.8 Å². The summed E-state index contributed by atoms with van der Waals surface area (Å²) in [6, 6.07) is 2.05. The van der Waals surface area contributed by atoms with E-state index >= 15 is 0 Å². The first-order valence-electron chi connectivity index (χ1n) is 6.64. The molecule has 106 valence electrons. The molecule has 0 saturated heterocycles. The van der Waals surface area contributed by atoms with E-state index in [1.165, 1.54) is 29.7 Å². The molecule has 1 heterocycles. The largest absolute Gasteiger partial charge is 0.344 e. The van der Waals surface area contributed by atoms with Crippen LogP contribution in [0.3, 0.4) is 0 Å². The monoisotopic (exact) mass is 319 g/mol. The fraction of sp³-hybridized carbons (Fsp3) is 0.643. The second-order valence-corrected chi connectivity index (χ2v) is 7.07. The number of carbonyl (C=O) groups is 1. The number of hydrogen-bond donors (Lipinski definition) is 1. The van der Waals surface area contributed by atoms with Crippen LogP contribution in [0.5, 0.6) is 0 Å². The van der Waals surface area contributed by atoms with Gasteiger partial charge in [-0.25, -0.2) is 0 Å². The summed E-state index contributed by atoms with van der Waals surface area (Å²) in [7, 11) is 0. The molecular formula is C14H19Cl2NOS. The van der Waals surface area contributed by atoms with Crippen molar-refractivity contribution in [3.8, 4) is 0 Å². The summed E-state index contributed by atoms with van der Waals surface area (Å²) in [6.07, 6.45) is 5.96. The topological polar surface area (TPSA) is 29.1 Å². The molecule has 0 bridgehead atoms. The van der Waals surface area contributed by atoms with Gasteiger partial charge in [0, 0.05) is 16.6 Å². The van der Waals surface area contributed by atoms with E-state index in [0.717, 1.165) is 17.7 Å². The number of thiophene rings is 1. The molecule has 0 aromatic carbocycles. The number of hydrogen-bond acceptors (Lipinski definition) is 2. The van der Waals surface area contributed by atoms with E-state index in [-0.39, 0.29) is 5.91 Å². The number of aryl methyl sites for hydroxylation is 2. The molecule has 0 aliphatic heterocycles. The van der Waals surface area contributed by atoms with Crippen molar-refractivity contribution in [1.29, 1.82) is 0 Å². The molecule has 1 aliphatic rings. The van der Waals surface area contributed by atoms with Gasteiger partial charge in [-0.05, 0) is 44.2 Å². The number of alkyl halides is 2. The summed E-state index contributed by atoms with van der Waals surface area (Å²) >= 11 is 13.4. The number of carbonyl (C=O) groups excluding carboxylic acids is 1. The van der Waals surface area contributed by atoms with Crippen molar-refractivity contribution < 1.29 is 4.79 Å². The Morgan fingerprint density at radius 3 is 2.68 bits per heavy atom. The highest BCUT2D eigenvalue weighted by atomic mass is 35.5. The maximum absolute atomic E-state index is 12.3. The summed E-state index contributed by atoms with van der Waals surface area (Å²) in [5.41, 5.74) is 0.813. The molecule has 0 fully saturated rings. The average Bonchev–Trinajstić information content (AvgIpc) is 2.70. The maximum Gasteiger partial charge on any atom is 0.261 e. The van der Waals surface area contributed by atoms with E-state index in [2.05, 4.69) is 5.32 Å². The first kappa shape index (κ1) is 15.1. The third kappa shape index (κ3) is 3.65. The van der Waals surface area contributed by atoms with Crippen LogP contribution in [0, 0.1) is 0 Å². The van der Waals surface area contributed by atoms with E-state index in [9.17, 15) is 4.79 Å².